The van der Waals surface area contributed by atoms with Crippen LogP contribution in [0.5, 0.6) is 0 Å². The first-order valence-electron chi connectivity index (χ1n) is 37.0. The fraction of sp³-hybridized carbons (Fsp3) is 0.528. The van der Waals surface area contributed by atoms with Gasteiger partial charge in [0, 0.05) is 213 Å². The summed E-state index contributed by atoms with van der Waals surface area (Å²) in [5, 5.41) is 33.3. The highest BCUT2D eigenvalue weighted by Crippen LogP contribution is 2.09. The monoisotopic (exact) mass is 1500 g/mol. The van der Waals surface area contributed by atoms with Crippen LogP contribution in [0.1, 0.15) is 102 Å². The van der Waals surface area contributed by atoms with Gasteiger partial charge in [0.25, 0.3) is 0 Å². The molecule has 13 heterocycles. The quantitative estimate of drug-likeness (QED) is 0.0591. The molecule has 0 saturated heterocycles. The molecule has 36 heteroatoms. The van der Waals surface area contributed by atoms with E-state index in [0.29, 0.717) is 29.6 Å². The normalized spacial score (nSPS) is 11.6. The average molecular weight is 1500 g/mol. The lowest BCUT2D eigenvalue weighted by molar-refractivity contribution is 0.408. The molecule has 0 amide bonds. The molecule has 0 bridgehead atoms. The molecule has 596 valence electrons. The minimum Gasteiger partial charge on any atom is -0.384 e. The Labute approximate surface area is 641 Å². The Morgan fingerprint density at radius 2 is 1.12 bits per heavy atom. The minimum absolute atomic E-state index is 0.322. The Morgan fingerprint density at radius 1 is 0.472 bits per heavy atom. The number of pyridine rings is 1. The van der Waals surface area contributed by atoms with Crippen LogP contribution in [0.15, 0.2) is 163 Å². The molecular formula is C72H128N36. The van der Waals surface area contributed by atoms with E-state index < -0.39 is 0 Å². The van der Waals surface area contributed by atoms with Crippen molar-refractivity contribution in [3.8, 4) is 0 Å². The summed E-state index contributed by atoms with van der Waals surface area (Å²) in [5.41, 5.74) is 24.2. The summed E-state index contributed by atoms with van der Waals surface area (Å²) in [6, 6.07) is 11.4. The number of likely N-dealkylation sites (N-methyl/N-ethyl adjacent to an activating group) is 2. The molecule has 0 aliphatic carbocycles. The molecule has 0 fully saturated rings. The number of hydrogen-bond donors (Lipinski definition) is 5. The van der Waals surface area contributed by atoms with Crippen LogP contribution in [0.2, 0.25) is 0 Å². The van der Waals surface area contributed by atoms with E-state index in [-0.39, 0.29) is 0 Å². The zero-order chi connectivity index (χ0) is 80.0. The van der Waals surface area contributed by atoms with Crippen molar-refractivity contribution in [1.29, 1.82) is 0 Å². The number of aliphatic imine (C=N–C) groups is 3. The van der Waals surface area contributed by atoms with Crippen LogP contribution in [-0.2, 0) is 45.8 Å². The summed E-state index contributed by atoms with van der Waals surface area (Å²) in [4.78, 5) is 54.0. The summed E-state index contributed by atoms with van der Waals surface area (Å²) in [6.45, 7) is 47.4. The van der Waals surface area contributed by atoms with Crippen molar-refractivity contribution in [3.05, 3.63) is 154 Å². The zero-order valence-corrected chi connectivity index (χ0v) is 67.7. The van der Waals surface area contributed by atoms with Crippen LogP contribution in [0, 0.1) is 6.92 Å². The Hall–Kier alpha value is -11.6. The van der Waals surface area contributed by atoms with Gasteiger partial charge in [0.05, 0.1) is 56.6 Å². The van der Waals surface area contributed by atoms with Crippen molar-refractivity contribution in [3.63, 3.8) is 0 Å². The van der Waals surface area contributed by atoms with E-state index in [0.717, 1.165) is 148 Å². The van der Waals surface area contributed by atoms with Crippen LogP contribution < -0.4 is 43.0 Å². The Bertz CT molecular complexity index is 3410. The molecule has 108 heavy (non-hydrogen) atoms. The highest BCUT2D eigenvalue weighted by Gasteiger charge is 2.10. The highest BCUT2D eigenvalue weighted by molar-refractivity contribution is 5.79. The second kappa shape index (κ2) is 60.6. The highest BCUT2D eigenvalue weighted by atomic mass is 15.5. The van der Waals surface area contributed by atoms with Crippen LogP contribution in [0.25, 0.3) is 0 Å². The van der Waals surface area contributed by atoms with Crippen LogP contribution in [-0.4, -0.2) is 248 Å². The molecule has 0 radical (unpaired) electrons. The molecular weight excluding hydrogens is 1370 g/mol. The van der Waals surface area contributed by atoms with E-state index in [1.165, 1.54) is 5.69 Å². The number of nitrogens with two attached hydrogens (primary N) is 4. The van der Waals surface area contributed by atoms with Gasteiger partial charge in [-0.05, 0) is 140 Å². The van der Waals surface area contributed by atoms with Gasteiger partial charge in [-0.2, -0.15) is 35.2 Å². The first-order valence-corrected chi connectivity index (χ1v) is 37.0. The third-order valence-electron chi connectivity index (χ3n) is 15.2. The van der Waals surface area contributed by atoms with E-state index in [1.807, 2.05) is 169 Å². The average Bonchev–Trinajstić information content (AvgIpc) is 1.27. The number of guanidine groups is 2. The van der Waals surface area contributed by atoms with Crippen molar-refractivity contribution in [2.45, 2.75) is 149 Å². The fourth-order valence-electron chi connectivity index (χ4n) is 8.26. The SMILES string of the molecule is CCN(C)c1ccnc(N)n1.CCN(C)c1ccncc1.CCN(C)c1nccc(N)n1.CCN1C=NCC1.CCN1CCCN=C1N.CCN1CCN=C1N.CCn1ccc(C)n1.CCn1cccn1.CCn1ccnc1.CCn1ccnc1NC.CCn1ccnn1.CCn1cnnc1.CCn1nccn1. The number of imidazole rings is 2. The maximum atomic E-state index is 5.57. The third-order valence-corrected chi connectivity index (χ3v) is 15.2. The van der Waals surface area contributed by atoms with Gasteiger partial charge in [-0.1, -0.05) is 5.21 Å². The smallest absolute Gasteiger partial charge is 0.226 e. The standard InChI is InChI=1S/C8H12N2.2C7H12N4.C6H11N3.C6H13N3.C6H10N2.C5H11N3.C5H10N2.2C5H8N2.3C4H7N3/c1-3-10(2)8-4-6-9-7-5-8;1-3-11(2)6-4-5-9-7(8)10-6;1-3-11(2)7-9-5-4-6(8)10-7;1-3-9-5-4-8-6(9)7-2;1-2-9-5-3-4-8-6(9)7;1-3-8-5-4-6(2)7-8;1-2-8-4-3-7-5(8)6;2*1-2-7-4-3-6-5-7;1-2-7-5-3-4-6-7;1-2-7-3-5-6-4-7;1-2-7-4-3-5-6-7;1-2-7-5-3-4-6-7/h4-7H,3H2,1-2H3;2*4-5H,3H2,1-2H3,(H2,8,9,10);4-5H,3H2,1-2H3,(H,7,8);2-5H2,1H3,(H2,7,8);4-5H,3H2,1-2H3;2-4H2,1H3,(H2,6,7);5H,2-4H2,1H3;2*3-5H,2H2,1H3;3*3-4H,2H2,1H3. The maximum absolute atomic E-state index is 5.57. The topological polar surface area (TPSA) is 400 Å². The van der Waals surface area contributed by atoms with Crippen molar-refractivity contribution in [2.75, 3.05) is 138 Å². The van der Waals surface area contributed by atoms with Gasteiger partial charge in [0.1, 0.15) is 24.3 Å². The van der Waals surface area contributed by atoms with Crippen LogP contribution in [0.4, 0.5) is 35.2 Å². The predicted molar refractivity (Wildman–Crippen MR) is 440 cm³/mol. The number of hydrogen-bond acceptors (Lipinski definition) is 29. The lowest BCUT2D eigenvalue weighted by Crippen LogP contribution is -2.40. The molecule has 9 N–H and O–H groups in total. The Morgan fingerprint density at radius 3 is 1.50 bits per heavy atom. The second-order valence-corrected chi connectivity index (χ2v) is 22.6. The van der Waals surface area contributed by atoms with E-state index >= 15 is 0 Å². The number of aryl methyl sites for hydroxylation is 8. The zero-order valence-electron chi connectivity index (χ0n) is 67.7. The third kappa shape index (κ3) is 43.0. The molecule has 13 rings (SSSR count). The summed E-state index contributed by atoms with van der Waals surface area (Å²) in [5.74, 6) is 4.71. The molecule has 0 spiro atoms. The molecule has 0 saturated carbocycles. The van der Waals surface area contributed by atoms with Gasteiger partial charge in [-0.15, -0.1) is 15.3 Å². The molecule has 10 aromatic heterocycles. The van der Waals surface area contributed by atoms with Gasteiger partial charge in [-0.3, -0.25) is 34.0 Å². The Balaban J connectivity index is 0.000000587. The van der Waals surface area contributed by atoms with E-state index in [4.69, 9.17) is 22.9 Å². The molecule has 0 unspecified atom stereocenters. The van der Waals surface area contributed by atoms with E-state index in [9.17, 15) is 0 Å². The molecule has 10 aromatic rings. The fourth-order valence-corrected chi connectivity index (χ4v) is 8.26. The van der Waals surface area contributed by atoms with Crippen LogP contribution >= 0.6 is 0 Å². The van der Waals surface area contributed by atoms with E-state index in [1.54, 1.807) is 84.1 Å². The lowest BCUT2D eigenvalue weighted by atomic mass is 10.3. The number of aromatic nitrogens is 22. The van der Waals surface area contributed by atoms with Crippen molar-refractivity contribution >= 4 is 53.4 Å². The largest absolute Gasteiger partial charge is 0.384 e. The summed E-state index contributed by atoms with van der Waals surface area (Å²) in [7, 11) is 7.82. The molecule has 0 atom stereocenters. The lowest BCUT2D eigenvalue weighted by Gasteiger charge is -2.24. The predicted octanol–water partition coefficient (Wildman–Crippen LogP) is 7.44. The van der Waals surface area contributed by atoms with Crippen molar-refractivity contribution < 1.29 is 0 Å². The number of rotatable bonds is 17. The van der Waals surface area contributed by atoms with Gasteiger partial charge in [0.2, 0.25) is 17.8 Å². The maximum Gasteiger partial charge on any atom is 0.226 e. The van der Waals surface area contributed by atoms with Gasteiger partial charge in [0.15, 0.2) is 11.9 Å². The molecule has 0 aromatic carbocycles. The molecule has 3 aliphatic heterocycles. The number of anilines is 6. The molecule has 36 nitrogen and oxygen atoms in total. The number of nitrogens with one attached hydrogen (secondary N) is 1. The van der Waals surface area contributed by atoms with Crippen molar-refractivity contribution in [2.24, 2.45) is 26.4 Å². The minimum atomic E-state index is 0.322. The van der Waals surface area contributed by atoms with Crippen LogP contribution in [0.3, 0.4) is 0 Å². The first kappa shape index (κ1) is 94.4. The van der Waals surface area contributed by atoms with E-state index in [2.05, 4.69) is 185 Å². The summed E-state index contributed by atoms with van der Waals surface area (Å²) in [6.07, 6.45) is 35.2. The summed E-state index contributed by atoms with van der Waals surface area (Å²) >= 11 is 0. The van der Waals surface area contributed by atoms with Gasteiger partial charge >= 0.3 is 0 Å². The summed E-state index contributed by atoms with van der Waals surface area (Å²) < 4.78 is 11.5. The Kier molecular flexibility index (Phi) is 53.0. The van der Waals surface area contributed by atoms with Crippen molar-refractivity contribution in [1.82, 2.24) is 123 Å². The first-order chi connectivity index (χ1) is 52.3. The van der Waals surface area contributed by atoms with Gasteiger partial charge in [-0.25, -0.2) is 19.9 Å². The van der Waals surface area contributed by atoms with Gasteiger partial charge < -0.3 is 71.4 Å². The molecule has 3 aliphatic rings. The number of nitrogens with zero attached hydrogens (tertiary/aromatic N) is 31. The number of nitrogen functional groups attached to an aromatic ring is 2. The second-order valence-electron chi connectivity index (χ2n) is 22.6.